The van der Waals surface area contributed by atoms with Gasteiger partial charge in [-0.25, -0.2) is 0 Å². The first-order chi connectivity index (χ1) is 11.1. The summed E-state index contributed by atoms with van der Waals surface area (Å²) in [6.45, 7) is 5.92. The SMILES string of the molecule is CCOc1ccc(C(=O)N2CCC(C(N)=O)CC2)cc1OCC. The highest BCUT2D eigenvalue weighted by atomic mass is 16.5. The van der Waals surface area contributed by atoms with E-state index in [-0.39, 0.29) is 17.7 Å². The van der Waals surface area contributed by atoms with Gasteiger partial charge >= 0.3 is 0 Å². The van der Waals surface area contributed by atoms with E-state index in [9.17, 15) is 9.59 Å². The van der Waals surface area contributed by atoms with E-state index in [4.69, 9.17) is 15.2 Å². The number of carbonyl (C=O) groups is 2. The van der Waals surface area contributed by atoms with Crippen LogP contribution in [0.3, 0.4) is 0 Å². The molecule has 0 spiro atoms. The van der Waals surface area contributed by atoms with E-state index in [2.05, 4.69) is 0 Å². The summed E-state index contributed by atoms with van der Waals surface area (Å²) in [6.07, 6.45) is 1.24. The smallest absolute Gasteiger partial charge is 0.253 e. The number of nitrogens with zero attached hydrogens (tertiary/aromatic N) is 1. The number of amides is 2. The molecule has 126 valence electrons. The number of rotatable bonds is 6. The van der Waals surface area contributed by atoms with Gasteiger partial charge in [0.05, 0.1) is 13.2 Å². The molecule has 0 aromatic heterocycles. The first kappa shape index (κ1) is 17.1. The van der Waals surface area contributed by atoms with Gasteiger partial charge in [0.2, 0.25) is 5.91 Å². The number of ether oxygens (including phenoxy) is 2. The van der Waals surface area contributed by atoms with Gasteiger partial charge in [-0.1, -0.05) is 0 Å². The summed E-state index contributed by atoms with van der Waals surface area (Å²) in [7, 11) is 0. The lowest BCUT2D eigenvalue weighted by molar-refractivity contribution is -0.123. The number of nitrogens with two attached hydrogens (primary N) is 1. The van der Waals surface area contributed by atoms with Gasteiger partial charge in [-0.05, 0) is 44.9 Å². The summed E-state index contributed by atoms with van der Waals surface area (Å²) in [5.74, 6) is 0.748. The Kier molecular flexibility index (Phi) is 5.84. The van der Waals surface area contributed by atoms with Gasteiger partial charge in [-0.3, -0.25) is 9.59 Å². The lowest BCUT2D eigenvalue weighted by atomic mass is 9.96. The molecule has 1 heterocycles. The molecule has 1 fully saturated rings. The molecule has 2 amide bonds. The summed E-state index contributed by atoms with van der Waals surface area (Å²) >= 11 is 0. The van der Waals surface area contributed by atoms with Gasteiger partial charge in [0.25, 0.3) is 5.91 Å². The number of benzene rings is 1. The molecule has 1 saturated heterocycles. The molecule has 2 N–H and O–H groups in total. The lowest BCUT2D eigenvalue weighted by Gasteiger charge is -2.30. The Morgan fingerprint density at radius 3 is 2.30 bits per heavy atom. The van der Waals surface area contributed by atoms with Crippen molar-refractivity contribution in [1.82, 2.24) is 4.90 Å². The van der Waals surface area contributed by atoms with Crippen LogP contribution in [0.25, 0.3) is 0 Å². The second kappa shape index (κ2) is 7.85. The Labute approximate surface area is 136 Å². The third-order valence-electron chi connectivity index (χ3n) is 3.97. The minimum absolute atomic E-state index is 0.0584. The molecule has 0 radical (unpaired) electrons. The number of hydrogen-bond donors (Lipinski definition) is 1. The van der Waals surface area contributed by atoms with E-state index in [1.165, 1.54) is 0 Å². The quantitative estimate of drug-likeness (QED) is 0.867. The van der Waals surface area contributed by atoms with Gasteiger partial charge in [0.15, 0.2) is 11.5 Å². The first-order valence-corrected chi connectivity index (χ1v) is 8.05. The number of piperidine rings is 1. The van der Waals surface area contributed by atoms with Crippen LogP contribution in [-0.2, 0) is 4.79 Å². The Morgan fingerprint density at radius 2 is 1.74 bits per heavy atom. The first-order valence-electron chi connectivity index (χ1n) is 8.05. The fourth-order valence-electron chi connectivity index (χ4n) is 2.73. The highest BCUT2D eigenvalue weighted by molar-refractivity contribution is 5.95. The third kappa shape index (κ3) is 4.15. The molecule has 6 heteroatoms. The molecule has 0 saturated carbocycles. The van der Waals surface area contributed by atoms with E-state index in [0.717, 1.165) is 0 Å². The number of carbonyl (C=O) groups excluding carboxylic acids is 2. The van der Waals surface area contributed by atoms with E-state index in [0.29, 0.717) is 56.2 Å². The molecule has 1 aliphatic heterocycles. The van der Waals surface area contributed by atoms with Crippen LogP contribution >= 0.6 is 0 Å². The molecule has 0 bridgehead atoms. The summed E-state index contributed by atoms with van der Waals surface area (Å²) in [5, 5.41) is 0. The van der Waals surface area contributed by atoms with Crippen molar-refractivity contribution in [3.8, 4) is 11.5 Å². The molecule has 1 aromatic carbocycles. The minimum atomic E-state index is -0.281. The molecule has 0 aliphatic carbocycles. The van der Waals surface area contributed by atoms with Crippen molar-refractivity contribution in [2.75, 3.05) is 26.3 Å². The Bertz CT molecular complexity index is 566. The zero-order valence-electron chi connectivity index (χ0n) is 13.7. The van der Waals surface area contributed by atoms with Crippen LogP contribution in [0.5, 0.6) is 11.5 Å². The molecule has 0 unspecified atom stereocenters. The zero-order chi connectivity index (χ0) is 16.8. The van der Waals surface area contributed by atoms with Crippen LogP contribution in [0.1, 0.15) is 37.0 Å². The van der Waals surface area contributed by atoms with E-state index >= 15 is 0 Å². The fourth-order valence-corrected chi connectivity index (χ4v) is 2.73. The van der Waals surface area contributed by atoms with Gasteiger partial charge < -0.3 is 20.1 Å². The highest BCUT2D eigenvalue weighted by Crippen LogP contribution is 2.29. The van der Waals surface area contributed by atoms with Gasteiger partial charge in [0, 0.05) is 24.6 Å². The van der Waals surface area contributed by atoms with Crippen molar-refractivity contribution in [2.45, 2.75) is 26.7 Å². The van der Waals surface area contributed by atoms with E-state index in [1.54, 1.807) is 23.1 Å². The molecule has 6 nitrogen and oxygen atoms in total. The summed E-state index contributed by atoms with van der Waals surface area (Å²) < 4.78 is 11.1. The number of hydrogen-bond acceptors (Lipinski definition) is 4. The van der Waals surface area contributed by atoms with E-state index in [1.807, 2.05) is 13.8 Å². The Hall–Kier alpha value is -2.24. The average Bonchev–Trinajstić information content (AvgIpc) is 2.56. The predicted molar refractivity (Wildman–Crippen MR) is 86.6 cm³/mol. The minimum Gasteiger partial charge on any atom is -0.490 e. The fraction of sp³-hybridized carbons (Fsp3) is 0.529. The molecular formula is C17H24N2O4. The second-order valence-electron chi connectivity index (χ2n) is 5.50. The predicted octanol–water partition coefficient (Wildman–Crippen LogP) is 1.82. The molecule has 1 aliphatic rings. The zero-order valence-corrected chi connectivity index (χ0v) is 13.7. The average molecular weight is 320 g/mol. The largest absolute Gasteiger partial charge is 0.490 e. The van der Waals surface area contributed by atoms with Crippen molar-refractivity contribution in [2.24, 2.45) is 11.7 Å². The summed E-state index contributed by atoms with van der Waals surface area (Å²) in [4.78, 5) is 25.6. The topological polar surface area (TPSA) is 81.9 Å². The molecular weight excluding hydrogens is 296 g/mol. The van der Waals surface area contributed by atoms with Crippen LogP contribution in [0.15, 0.2) is 18.2 Å². The van der Waals surface area contributed by atoms with Crippen LogP contribution < -0.4 is 15.2 Å². The molecule has 2 rings (SSSR count). The molecule has 23 heavy (non-hydrogen) atoms. The van der Waals surface area contributed by atoms with Gasteiger partial charge in [-0.2, -0.15) is 0 Å². The van der Waals surface area contributed by atoms with Gasteiger partial charge in [-0.15, -0.1) is 0 Å². The second-order valence-corrected chi connectivity index (χ2v) is 5.50. The van der Waals surface area contributed by atoms with Crippen molar-refractivity contribution in [3.05, 3.63) is 23.8 Å². The Morgan fingerprint density at radius 1 is 1.13 bits per heavy atom. The van der Waals surface area contributed by atoms with E-state index < -0.39 is 0 Å². The van der Waals surface area contributed by atoms with Gasteiger partial charge in [0.1, 0.15) is 0 Å². The maximum absolute atomic E-state index is 12.6. The van der Waals surface area contributed by atoms with Crippen molar-refractivity contribution >= 4 is 11.8 Å². The van der Waals surface area contributed by atoms with Crippen LogP contribution in [0.2, 0.25) is 0 Å². The molecule has 1 aromatic rings. The number of likely N-dealkylation sites (tertiary alicyclic amines) is 1. The standard InChI is InChI=1S/C17H24N2O4/c1-3-22-14-6-5-13(11-15(14)23-4-2)17(21)19-9-7-12(8-10-19)16(18)20/h5-6,11-12H,3-4,7-10H2,1-2H3,(H2,18,20). The summed E-state index contributed by atoms with van der Waals surface area (Å²) in [5.41, 5.74) is 5.89. The normalized spacial score (nSPS) is 15.3. The van der Waals surface area contributed by atoms with Crippen molar-refractivity contribution in [1.29, 1.82) is 0 Å². The number of primary amides is 1. The van der Waals surface area contributed by atoms with Crippen LogP contribution in [0.4, 0.5) is 0 Å². The maximum Gasteiger partial charge on any atom is 0.253 e. The highest BCUT2D eigenvalue weighted by Gasteiger charge is 2.26. The van der Waals surface area contributed by atoms with Crippen LogP contribution in [0, 0.1) is 5.92 Å². The molecule has 0 atom stereocenters. The van der Waals surface area contributed by atoms with Crippen molar-refractivity contribution < 1.29 is 19.1 Å². The van der Waals surface area contributed by atoms with Crippen molar-refractivity contribution in [3.63, 3.8) is 0 Å². The monoisotopic (exact) mass is 320 g/mol. The lowest BCUT2D eigenvalue weighted by Crippen LogP contribution is -2.41. The third-order valence-corrected chi connectivity index (χ3v) is 3.97. The van der Waals surface area contributed by atoms with Crippen LogP contribution in [-0.4, -0.2) is 43.0 Å². The Balaban J connectivity index is 2.10. The maximum atomic E-state index is 12.6. The summed E-state index contributed by atoms with van der Waals surface area (Å²) in [6, 6.07) is 5.23.